The molecule has 0 atom stereocenters. The van der Waals surface area contributed by atoms with Gasteiger partial charge in [-0.25, -0.2) is 13.8 Å². The maximum Gasteiger partial charge on any atom is 0.335 e. The smallest absolute Gasteiger partial charge is 0.335 e. The van der Waals surface area contributed by atoms with Gasteiger partial charge in [0.05, 0.1) is 11.4 Å². The molecule has 10 heteroatoms. The van der Waals surface area contributed by atoms with Crippen molar-refractivity contribution < 1.29 is 14.3 Å². The van der Waals surface area contributed by atoms with E-state index in [0.29, 0.717) is 37.4 Å². The first-order valence-electron chi connectivity index (χ1n) is 12.0. The number of rotatable bonds is 5. The van der Waals surface area contributed by atoms with Crippen LogP contribution in [0.4, 0.5) is 15.8 Å². The fraction of sp³-hybridized carbons (Fsp3) is 0.143. The molecule has 38 heavy (non-hydrogen) atoms. The molecular formula is C28H24FN5O4. The Kier molecular flexibility index (Phi) is 6.86. The Bertz CT molecular complexity index is 1590. The van der Waals surface area contributed by atoms with Gasteiger partial charge in [-0.05, 0) is 60.7 Å². The summed E-state index contributed by atoms with van der Waals surface area (Å²) < 4.78 is 14.1. The lowest BCUT2D eigenvalue weighted by Crippen LogP contribution is -2.48. The van der Waals surface area contributed by atoms with Gasteiger partial charge in [-0.2, -0.15) is 0 Å². The Hall–Kier alpha value is -4.99. The number of aliphatic imine (C=N–C) groups is 1. The molecule has 1 aliphatic heterocycles. The summed E-state index contributed by atoms with van der Waals surface area (Å²) in [5.41, 5.74) is 0.514. The topological polar surface area (TPSA) is 111 Å². The maximum absolute atomic E-state index is 13.3. The average molecular weight is 514 g/mol. The second-order valence-electron chi connectivity index (χ2n) is 8.73. The lowest BCUT2D eigenvalue weighted by atomic mass is 10.1. The number of aromatic amines is 1. The predicted molar refractivity (Wildman–Crippen MR) is 143 cm³/mol. The van der Waals surface area contributed by atoms with Crippen molar-refractivity contribution in [2.24, 2.45) is 4.99 Å². The third-order valence-electron chi connectivity index (χ3n) is 6.35. The van der Waals surface area contributed by atoms with E-state index in [4.69, 9.17) is 0 Å². The van der Waals surface area contributed by atoms with E-state index < -0.39 is 22.9 Å². The molecule has 2 N–H and O–H groups in total. The zero-order valence-electron chi connectivity index (χ0n) is 20.3. The quantitative estimate of drug-likeness (QED) is 0.399. The Morgan fingerprint density at radius 3 is 2.16 bits per heavy atom. The second-order valence-corrected chi connectivity index (χ2v) is 8.73. The molecule has 5 rings (SSSR count). The molecule has 2 heterocycles. The molecule has 3 aromatic carbocycles. The molecule has 1 aliphatic rings. The molecule has 0 unspecified atom stereocenters. The highest BCUT2D eigenvalue weighted by Gasteiger charge is 2.22. The Morgan fingerprint density at radius 1 is 0.868 bits per heavy atom. The van der Waals surface area contributed by atoms with E-state index in [9.17, 15) is 23.9 Å². The number of nitrogens with one attached hydrogen (secondary N) is 1. The number of carbonyl (C=O) groups excluding carboxylic acids is 1. The minimum Gasteiger partial charge on any atom is -0.493 e. The first-order valence-corrected chi connectivity index (χ1v) is 12.0. The highest BCUT2D eigenvalue weighted by molar-refractivity contribution is 5.94. The van der Waals surface area contributed by atoms with Crippen LogP contribution in [-0.4, -0.2) is 57.9 Å². The summed E-state index contributed by atoms with van der Waals surface area (Å²) in [4.78, 5) is 47.7. The molecule has 1 fully saturated rings. The standard InChI is InChI=1S/C28H24FN5O4/c29-20-6-10-23(11-7-20)34-27(37)24(25(35)31-28(34)38)18-30-21-8-12-22(13-9-21)32-14-16-33(17-15-32)26(36)19-4-2-1-3-5-19/h1-13,18,37H,14-17H2,(H,31,35,38). The number of hydrogen-bond donors (Lipinski definition) is 2. The first-order chi connectivity index (χ1) is 18.4. The van der Waals surface area contributed by atoms with Gasteiger partial charge >= 0.3 is 5.69 Å². The number of amides is 1. The van der Waals surface area contributed by atoms with E-state index in [2.05, 4.69) is 14.9 Å². The fourth-order valence-electron chi connectivity index (χ4n) is 4.30. The molecule has 1 aromatic heterocycles. The summed E-state index contributed by atoms with van der Waals surface area (Å²) in [6, 6.07) is 21.5. The number of halogens is 1. The molecular weight excluding hydrogens is 489 g/mol. The molecule has 0 aliphatic carbocycles. The highest BCUT2D eigenvalue weighted by atomic mass is 19.1. The van der Waals surface area contributed by atoms with E-state index in [1.54, 1.807) is 12.1 Å². The summed E-state index contributed by atoms with van der Waals surface area (Å²) in [5.74, 6) is -1.08. The number of H-pyrrole nitrogens is 1. The monoisotopic (exact) mass is 513 g/mol. The second kappa shape index (κ2) is 10.6. The predicted octanol–water partition coefficient (Wildman–Crippen LogP) is 3.08. The molecule has 0 spiro atoms. The number of aromatic nitrogens is 2. The van der Waals surface area contributed by atoms with Gasteiger partial charge in [0, 0.05) is 43.6 Å². The van der Waals surface area contributed by atoms with Crippen molar-refractivity contribution in [1.82, 2.24) is 14.5 Å². The van der Waals surface area contributed by atoms with E-state index in [1.807, 2.05) is 47.4 Å². The van der Waals surface area contributed by atoms with Crippen molar-refractivity contribution in [2.75, 3.05) is 31.1 Å². The van der Waals surface area contributed by atoms with Gasteiger partial charge in [0.15, 0.2) is 0 Å². The lowest BCUT2D eigenvalue weighted by molar-refractivity contribution is 0.0747. The van der Waals surface area contributed by atoms with Crippen molar-refractivity contribution in [3.63, 3.8) is 0 Å². The third-order valence-corrected chi connectivity index (χ3v) is 6.35. The minimum atomic E-state index is -0.855. The van der Waals surface area contributed by atoms with Crippen LogP contribution in [0.2, 0.25) is 0 Å². The number of piperazine rings is 1. The number of anilines is 1. The van der Waals surface area contributed by atoms with E-state index in [-0.39, 0.29) is 17.2 Å². The van der Waals surface area contributed by atoms with Gasteiger partial charge in [0.2, 0.25) is 5.88 Å². The average Bonchev–Trinajstić information content (AvgIpc) is 2.94. The summed E-state index contributed by atoms with van der Waals surface area (Å²) in [6.07, 6.45) is 1.18. The van der Waals surface area contributed by atoms with Crippen molar-refractivity contribution >= 4 is 23.5 Å². The number of aromatic hydroxyl groups is 1. The Balaban J connectivity index is 1.28. The number of nitrogens with zero attached hydrogens (tertiary/aromatic N) is 4. The molecule has 1 amide bonds. The first kappa shape index (κ1) is 24.7. The van der Waals surface area contributed by atoms with E-state index in [0.717, 1.165) is 22.4 Å². The van der Waals surface area contributed by atoms with E-state index in [1.165, 1.54) is 18.3 Å². The summed E-state index contributed by atoms with van der Waals surface area (Å²) in [6.45, 7) is 2.60. The van der Waals surface area contributed by atoms with Crippen LogP contribution in [0.1, 0.15) is 15.9 Å². The van der Waals surface area contributed by atoms with Crippen molar-refractivity contribution in [3.05, 3.63) is 117 Å². The van der Waals surface area contributed by atoms with Crippen LogP contribution in [0.15, 0.2) is 93.4 Å². The molecule has 0 bridgehead atoms. The Labute approximate surface area is 216 Å². The van der Waals surface area contributed by atoms with Gasteiger partial charge in [-0.1, -0.05) is 18.2 Å². The highest BCUT2D eigenvalue weighted by Crippen LogP contribution is 2.22. The van der Waals surface area contributed by atoms with Crippen molar-refractivity contribution in [1.29, 1.82) is 0 Å². The molecule has 9 nitrogen and oxygen atoms in total. The number of hydrogen-bond acceptors (Lipinski definition) is 6. The van der Waals surface area contributed by atoms with Crippen LogP contribution >= 0.6 is 0 Å². The van der Waals surface area contributed by atoms with Crippen LogP contribution in [-0.2, 0) is 0 Å². The number of benzene rings is 3. The molecule has 0 radical (unpaired) electrons. The van der Waals surface area contributed by atoms with Crippen LogP contribution in [0.25, 0.3) is 5.69 Å². The van der Waals surface area contributed by atoms with Gasteiger partial charge in [0.1, 0.15) is 11.4 Å². The third kappa shape index (κ3) is 5.10. The minimum absolute atomic E-state index is 0.0268. The zero-order chi connectivity index (χ0) is 26.6. The van der Waals surface area contributed by atoms with Crippen LogP contribution in [0, 0.1) is 5.82 Å². The number of carbonyl (C=O) groups is 1. The van der Waals surface area contributed by atoms with Gasteiger partial charge in [-0.15, -0.1) is 0 Å². The SMILES string of the molecule is O=C(c1ccccc1)N1CCN(c2ccc(N=Cc3c(O)n(-c4ccc(F)cc4)c(=O)[nH]c3=O)cc2)CC1. The van der Waals surface area contributed by atoms with Crippen LogP contribution < -0.4 is 16.1 Å². The summed E-state index contributed by atoms with van der Waals surface area (Å²) >= 11 is 0. The normalized spacial score (nSPS) is 13.7. The van der Waals surface area contributed by atoms with Gasteiger partial charge in [0.25, 0.3) is 11.5 Å². The lowest BCUT2D eigenvalue weighted by Gasteiger charge is -2.36. The van der Waals surface area contributed by atoms with Gasteiger partial charge in [-0.3, -0.25) is 19.6 Å². The largest absolute Gasteiger partial charge is 0.493 e. The van der Waals surface area contributed by atoms with Crippen molar-refractivity contribution in [2.45, 2.75) is 0 Å². The molecule has 192 valence electrons. The van der Waals surface area contributed by atoms with E-state index >= 15 is 0 Å². The molecule has 0 saturated carbocycles. The molecule has 4 aromatic rings. The van der Waals surface area contributed by atoms with Crippen molar-refractivity contribution in [3.8, 4) is 11.6 Å². The van der Waals surface area contributed by atoms with Crippen LogP contribution in [0.3, 0.4) is 0 Å². The fourth-order valence-corrected chi connectivity index (χ4v) is 4.30. The zero-order valence-corrected chi connectivity index (χ0v) is 20.3. The summed E-state index contributed by atoms with van der Waals surface area (Å²) in [5, 5.41) is 10.6. The Morgan fingerprint density at radius 2 is 1.50 bits per heavy atom. The molecule has 1 saturated heterocycles. The van der Waals surface area contributed by atoms with Crippen LogP contribution in [0.5, 0.6) is 5.88 Å². The van der Waals surface area contributed by atoms with Gasteiger partial charge < -0.3 is 14.9 Å². The summed E-state index contributed by atoms with van der Waals surface area (Å²) in [7, 11) is 0. The maximum atomic E-state index is 13.3.